The lowest BCUT2D eigenvalue weighted by atomic mass is 10.1. The van der Waals surface area contributed by atoms with Crippen LogP contribution in [0.4, 0.5) is 5.69 Å². The SMILES string of the molecule is O=[N+]([O-])c1ccc(CCOc2cc(Br)ccc2Cl)cc1. The molecule has 0 saturated carbocycles. The molecule has 6 heteroatoms. The number of nitrogens with zero attached hydrogens (tertiary/aromatic N) is 1. The van der Waals surface area contributed by atoms with Gasteiger partial charge in [-0.15, -0.1) is 0 Å². The molecular formula is C14H11BrClNO3. The molecule has 20 heavy (non-hydrogen) atoms. The second kappa shape index (κ2) is 6.72. The summed E-state index contributed by atoms with van der Waals surface area (Å²) in [6.07, 6.45) is 0.654. The van der Waals surface area contributed by atoms with E-state index in [1.807, 2.05) is 6.07 Å². The van der Waals surface area contributed by atoms with Crippen LogP contribution in [-0.4, -0.2) is 11.5 Å². The van der Waals surface area contributed by atoms with Gasteiger partial charge in [0.2, 0.25) is 0 Å². The second-order valence-corrected chi connectivity index (χ2v) is 5.42. The summed E-state index contributed by atoms with van der Waals surface area (Å²) in [6, 6.07) is 11.8. The maximum Gasteiger partial charge on any atom is 0.269 e. The van der Waals surface area contributed by atoms with Crippen LogP contribution >= 0.6 is 27.5 Å². The van der Waals surface area contributed by atoms with E-state index in [0.717, 1.165) is 10.0 Å². The molecule has 0 unspecified atom stereocenters. The molecule has 0 spiro atoms. The van der Waals surface area contributed by atoms with Crippen LogP contribution in [0, 0.1) is 10.1 Å². The number of hydrogen-bond donors (Lipinski definition) is 0. The van der Waals surface area contributed by atoms with Crippen LogP contribution in [0.5, 0.6) is 5.75 Å². The third kappa shape index (κ3) is 3.95. The lowest BCUT2D eigenvalue weighted by molar-refractivity contribution is -0.384. The van der Waals surface area contributed by atoms with E-state index in [1.54, 1.807) is 24.3 Å². The van der Waals surface area contributed by atoms with Gasteiger partial charge in [-0.25, -0.2) is 0 Å². The van der Waals surface area contributed by atoms with Gasteiger partial charge in [0.05, 0.1) is 16.6 Å². The first-order valence-electron chi connectivity index (χ1n) is 5.87. The number of hydrogen-bond acceptors (Lipinski definition) is 3. The first kappa shape index (κ1) is 14.8. The summed E-state index contributed by atoms with van der Waals surface area (Å²) in [4.78, 5) is 10.1. The van der Waals surface area contributed by atoms with E-state index in [2.05, 4.69) is 15.9 Å². The van der Waals surface area contributed by atoms with Gasteiger partial charge in [0.25, 0.3) is 5.69 Å². The monoisotopic (exact) mass is 355 g/mol. The molecule has 2 aromatic rings. The Morgan fingerprint density at radius 2 is 1.90 bits per heavy atom. The van der Waals surface area contributed by atoms with Crippen LogP contribution < -0.4 is 4.74 Å². The summed E-state index contributed by atoms with van der Waals surface area (Å²) < 4.78 is 6.50. The topological polar surface area (TPSA) is 52.4 Å². The largest absolute Gasteiger partial charge is 0.492 e. The Hall–Kier alpha value is -1.59. The van der Waals surface area contributed by atoms with E-state index >= 15 is 0 Å². The second-order valence-electron chi connectivity index (χ2n) is 4.10. The summed E-state index contributed by atoms with van der Waals surface area (Å²) in [5.74, 6) is 0.614. The average molecular weight is 357 g/mol. The molecule has 0 aliphatic carbocycles. The quantitative estimate of drug-likeness (QED) is 0.579. The van der Waals surface area contributed by atoms with E-state index in [0.29, 0.717) is 23.8 Å². The van der Waals surface area contributed by atoms with Gasteiger partial charge < -0.3 is 4.74 Å². The molecule has 4 nitrogen and oxygen atoms in total. The van der Waals surface area contributed by atoms with Crippen LogP contribution in [-0.2, 0) is 6.42 Å². The first-order valence-corrected chi connectivity index (χ1v) is 7.04. The zero-order valence-corrected chi connectivity index (χ0v) is 12.7. The molecule has 0 atom stereocenters. The third-order valence-corrected chi connectivity index (χ3v) is 3.49. The third-order valence-electron chi connectivity index (χ3n) is 2.69. The first-order chi connectivity index (χ1) is 9.56. The molecule has 0 fully saturated rings. The zero-order chi connectivity index (χ0) is 14.5. The van der Waals surface area contributed by atoms with E-state index in [1.165, 1.54) is 12.1 Å². The van der Waals surface area contributed by atoms with Crippen LogP contribution in [0.25, 0.3) is 0 Å². The predicted molar refractivity (Wildman–Crippen MR) is 81.4 cm³/mol. The molecule has 0 N–H and O–H groups in total. The predicted octanol–water partition coefficient (Wildman–Crippen LogP) is 4.63. The van der Waals surface area contributed by atoms with Crippen molar-refractivity contribution in [3.05, 3.63) is 67.6 Å². The maximum absolute atomic E-state index is 10.5. The summed E-state index contributed by atoms with van der Waals surface area (Å²) in [7, 11) is 0. The van der Waals surface area contributed by atoms with E-state index in [-0.39, 0.29) is 5.69 Å². The van der Waals surface area contributed by atoms with Crippen molar-refractivity contribution >= 4 is 33.2 Å². The van der Waals surface area contributed by atoms with E-state index in [9.17, 15) is 10.1 Å². The normalized spacial score (nSPS) is 10.3. The Labute approximate surface area is 129 Å². The molecule has 0 bridgehead atoms. The highest BCUT2D eigenvalue weighted by atomic mass is 79.9. The van der Waals surface area contributed by atoms with E-state index < -0.39 is 4.92 Å². The zero-order valence-electron chi connectivity index (χ0n) is 10.4. The fraction of sp³-hybridized carbons (Fsp3) is 0.143. The van der Waals surface area contributed by atoms with Gasteiger partial charge in [-0.2, -0.15) is 0 Å². The number of benzene rings is 2. The lowest BCUT2D eigenvalue weighted by Gasteiger charge is -2.08. The van der Waals surface area contributed by atoms with Crippen molar-refractivity contribution < 1.29 is 9.66 Å². The van der Waals surface area contributed by atoms with Crippen molar-refractivity contribution in [1.29, 1.82) is 0 Å². The molecule has 0 aromatic heterocycles. The molecule has 0 aliphatic heterocycles. The standard InChI is InChI=1S/C14H11BrClNO3/c15-11-3-6-13(16)14(9-11)20-8-7-10-1-4-12(5-2-10)17(18)19/h1-6,9H,7-8H2. The smallest absolute Gasteiger partial charge is 0.269 e. The minimum Gasteiger partial charge on any atom is -0.492 e. The number of rotatable bonds is 5. The number of halogens is 2. The van der Waals surface area contributed by atoms with Crippen molar-refractivity contribution in [3.8, 4) is 5.75 Å². The molecule has 0 aliphatic rings. The van der Waals surface area contributed by atoms with Crippen LogP contribution in [0.3, 0.4) is 0 Å². The average Bonchev–Trinajstić information content (AvgIpc) is 2.43. The fourth-order valence-electron chi connectivity index (χ4n) is 1.65. The Morgan fingerprint density at radius 1 is 1.20 bits per heavy atom. The summed E-state index contributed by atoms with van der Waals surface area (Å²) in [5.41, 5.74) is 1.06. The molecule has 0 heterocycles. The molecular weight excluding hydrogens is 346 g/mol. The highest BCUT2D eigenvalue weighted by Crippen LogP contribution is 2.28. The summed E-state index contributed by atoms with van der Waals surface area (Å²) in [5, 5.41) is 11.1. The summed E-state index contributed by atoms with van der Waals surface area (Å²) >= 11 is 9.36. The van der Waals surface area contributed by atoms with Gasteiger partial charge in [-0.3, -0.25) is 10.1 Å². The highest BCUT2D eigenvalue weighted by Gasteiger charge is 2.05. The Bertz CT molecular complexity index is 616. The van der Waals surface area contributed by atoms with Gasteiger partial charge in [0, 0.05) is 23.0 Å². The Morgan fingerprint density at radius 3 is 2.55 bits per heavy atom. The molecule has 0 radical (unpaired) electrons. The summed E-state index contributed by atoms with van der Waals surface area (Å²) in [6.45, 7) is 0.452. The minimum absolute atomic E-state index is 0.0877. The van der Waals surface area contributed by atoms with Crippen molar-refractivity contribution in [2.24, 2.45) is 0 Å². The molecule has 2 aromatic carbocycles. The maximum atomic E-state index is 10.5. The molecule has 0 amide bonds. The van der Waals surface area contributed by atoms with Crippen LogP contribution in [0.1, 0.15) is 5.56 Å². The van der Waals surface area contributed by atoms with Gasteiger partial charge in [0.15, 0.2) is 0 Å². The highest BCUT2D eigenvalue weighted by molar-refractivity contribution is 9.10. The number of ether oxygens (including phenoxy) is 1. The van der Waals surface area contributed by atoms with Crippen molar-refractivity contribution in [2.75, 3.05) is 6.61 Å². The Balaban J connectivity index is 1.92. The van der Waals surface area contributed by atoms with Crippen LogP contribution in [0.15, 0.2) is 46.9 Å². The minimum atomic E-state index is -0.415. The van der Waals surface area contributed by atoms with Gasteiger partial charge in [0.1, 0.15) is 5.75 Å². The van der Waals surface area contributed by atoms with Gasteiger partial charge in [-0.1, -0.05) is 39.7 Å². The van der Waals surface area contributed by atoms with Gasteiger partial charge in [-0.05, 0) is 23.8 Å². The number of non-ortho nitro benzene ring substituents is 1. The van der Waals surface area contributed by atoms with Gasteiger partial charge >= 0.3 is 0 Å². The number of nitro groups is 1. The Kier molecular flexibility index (Phi) is 4.98. The van der Waals surface area contributed by atoms with E-state index in [4.69, 9.17) is 16.3 Å². The van der Waals surface area contributed by atoms with Crippen LogP contribution in [0.2, 0.25) is 5.02 Å². The van der Waals surface area contributed by atoms with Crippen molar-refractivity contribution in [1.82, 2.24) is 0 Å². The molecule has 104 valence electrons. The van der Waals surface area contributed by atoms with Crippen molar-refractivity contribution in [2.45, 2.75) is 6.42 Å². The van der Waals surface area contributed by atoms with Crippen molar-refractivity contribution in [3.63, 3.8) is 0 Å². The molecule has 0 saturated heterocycles. The fourth-order valence-corrected chi connectivity index (χ4v) is 2.16. The lowest BCUT2D eigenvalue weighted by Crippen LogP contribution is -2.02. The molecule has 2 rings (SSSR count). The number of nitro benzene ring substituents is 1.